The van der Waals surface area contributed by atoms with Crippen molar-refractivity contribution in [3.8, 4) is 11.5 Å². The second-order valence-corrected chi connectivity index (χ2v) is 11.7. The van der Waals surface area contributed by atoms with Crippen molar-refractivity contribution in [1.82, 2.24) is 10.3 Å². The highest BCUT2D eigenvalue weighted by Gasteiger charge is 2.32. The van der Waals surface area contributed by atoms with Crippen molar-refractivity contribution in [2.75, 3.05) is 29.4 Å². The smallest absolute Gasteiger partial charge is 0.320 e. The molecular weight excluding hydrogens is 647 g/mol. The van der Waals surface area contributed by atoms with E-state index in [-0.39, 0.29) is 24.7 Å². The molecule has 0 bridgehead atoms. The van der Waals surface area contributed by atoms with Gasteiger partial charge in [-0.1, -0.05) is 53.6 Å². The van der Waals surface area contributed by atoms with Crippen LogP contribution in [0.3, 0.4) is 0 Å². The Morgan fingerprint density at radius 2 is 1.83 bits per heavy atom. The lowest BCUT2D eigenvalue weighted by Crippen LogP contribution is -2.45. The third kappa shape index (κ3) is 7.97. The molecule has 3 amide bonds. The van der Waals surface area contributed by atoms with Crippen LogP contribution in [0.25, 0.3) is 0 Å². The second-order valence-electron chi connectivity index (χ2n) is 10.2. The number of carbonyl (C=O) groups is 2. The summed E-state index contributed by atoms with van der Waals surface area (Å²) in [5.74, 6) is 1.20. The number of amides is 3. The van der Waals surface area contributed by atoms with Crippen LogP contribution in [0.1, 0.15) is 42.9 Å². The van der Waals surface area contributed by atoms with Crippen molar-refractivity contribution < 1.29 is 19.1 Å². The molecule has 1 aliphatic rings. The summed E-state index contributed by atoms with van der Waals surface area (Å²) < 4.78 is 11.2. The lowest BCUT2D eigenvalue weighted by atomic mass is 10.1. The normalized spacial score (nSPS) is 15.1. The molecule has 1 aliphatic heterocycles. The van der Waals surface area contributed by atoms with Crippen molar-refractivity contribution in [3.63, 3.8) is 0 Å². The number of aromatic nitrogens is 1. The fraction of sp³-hybridized carbons (Fsp3) is 0.355. The van der Waals surface area contributed by atoms with Crippen LogP contribution in [-0.2, 0) is 9.53 Å². The molecule has 3 aromatic rings. The first-order valence-electron chi connectivity index (χ1n) is 13.9. The maximum absolute atomic E-state index is 13.2. The molecule has 0 fully saturated rings. The second kappa shape index (κ2) is 14.5. The fourth-order valence-corrected chi connectivity index (χ4v) is 5.52. The highest BCUT2D eigenvalue weighted by atomic mass is 127. The van der Waals surface area contributed by atoms with Crippen molar-refractivity contribution in [2.24, 2.45) is 5.10 Å². The number of alkyl halides is 1. The molecule has 2 aromatic carbocycles. The molecule has 2 atom stereocenters. The SMILES string of the molecule is CCCC(I)C1=NN(c2ccc(C)cc2)C(NC(=O)Nc2ccc(Oc3ccnc(NC(=O)COC)c3)c(C)c2C)C1. The van der Waals surface area contributed by atoms with Crippen LogP contribution >= 0.6 is 22.6 Å². The Balaban J connectivity index is 1.44. The van der Waals surface area contributed by atoms with Crippen LogP contribution in [0.4, 0.5) is 22.0 Å². The topological polar surface area (TPSA) is 117 Å². The van der Waals surface area contributed by atoms with E-state index >= 15 is 0 Å². The molecule has 222 valence electrons. The van der Waals surface area contributed by atoms with Gasteiger partial charge in [0.15, 0.2) is 0 Å². The maximum Gasteiger partial charge on any atom is 0.320 e. The Bertz CT molecular complexity index is 1450. The van der Waals surface area contributed by atoms with E-state index in [0.29, 0.717) is 33.3 Å². The minimum absolute atomic E-state index is 0.0658. The van der Waals surface area contributed by atoms with Gasteiger partial charge in [-0.15, -0.1) is 0 Å². The van der Waals surface area contributed by atoms with E-state index in [1.54, 1.807) is 18.3 Å². The number of nitrogens with one attached hydrogen (secondary N) is 3. The van der Waals surface area contributed by atoms with Gasteiger partial charge in [-0.25, -0.2) is 14.8 Å². The van der Waals surface area contributed by atoms with E-state index in [4.69, 9.17) is 14.6 Å². The molecule has 3 N–H and O–H groups in total. The summed E-state index contributed by atoms with van der Waals surface area (Å²) >= 11 is 2.44. The Kier molecular flexibility index (Phi) is 10.7. The molecular formula is C31H37IN6O4. The Labute approximate surface area is 260 Å². The lowest BCUT2D eigenvalue weighted by molar-refractivity contribution is -0.119. The number of hydrazone groups is 1. The number of methoxy groups -OCH3 is 1. The van der Waals surface area contributed by atoms with Crippen molar-refractivity contribution in [1.29, 1.82) is 0 Å². The average molecular weight is 685 g/mol. The first-order valence-corrected chi connectivity index (χ1v) is 15.1. The van der Waals surface area contributed by atoms with Gasteiger partial charge < -0.3 is 25.4 Å². The van der Waals surface area contributed by atoms with E-state index in [1.807, 2.05) is 62.2 Å². The number of hydrogen-bond donors (Lipinski definition) is 3. The molecule has 11 heteroatoms. The number of ether oxygens (including phenoxy) is 2. The van der Waals surface area contributed by atoms with Crippen LogP contribution in [0, 0.1) is 20.8 Å². The number of rotatable bonds is 11. The Hall–Kier alpha value is -3.71. The highest BCUT2D eigenvalue weighted by Crippen LogP contribution is 2.32. The van der Waals surface area contributed by atoms with Gasteiger partial charge in [-0.2, -0.15) is 5.10 Å². The number of nitrogens with zero attached hydrogens (tertiary/aromatic N) is 3. The van der Waals surface area contributed by atoms with Crippen LogP contribution < -0.4 is 25.7 Å². The molecule has 0 saturated heterocycles. The predicted molar refractivity (Wildman–Crippen MR) is 175 cm³/mol. The summed E-state index contributed by atoms with van der Waals surface area (Å²) in [4.78, 5) is 29.2. The number of anilines is 3. The van der Waals surface area contributed by atoms with Gasteiger partial charge in [0, 0.05) is 31.5 Å². The Morgan fingerprint density at radius 3 is 2.55 bits per heavy atom. The van der Waals surface area contributed by atoms with Crippen LogP contribution in [0.5, 0.6) is 11.5 Å². The summed E-state index contributed by atoms with van der Waals surface area (Å²) in [6.45, 7) is 8.01. The quantitative estimate of drug-likeness (QED) is 0.153. The van der Waals surface area contributed by atoms with Crippen LogP contribution in [-0.4, -0.2) is 46.4 Å². The van der Waals surface area contributed by atoms with Gasteiger partial charge in [-0.3, -0.25) is 4.79 Å². The van der Waals surface area contributed by atoms with Crippen LogP contribution in [0.2, 0.25) is 0 Å². The molecule has 0 aliphatic carbocycles. The number of aryl methyl sites for hydroxylation is 1. The van der Waals surface area contributed by atoms with E-state index in [2.05, 4.69) is 50.4 Å². The van der Waals surface area contributed by atoms with Gasteiger partial charge in [0.05, 0.1) is 15.3 Å². The third-order valence-corrected chi connectivity index (χ3v) is 8.26. The largest absolute Gasteiger partial charge is 0.457 e. The monoisotopic (exact) mass is 684 g/mol. The summed E-state index contributed by atoms with van der Waals surface area (Å²) in [7, 11) is 1.45. The van der Waals surface area contributed by atoms with Crippen molar-refractivity contribution >= 4 is 57.4 Å². The zero-order valence-electron chi connectivity index (χ0n) is 24.5. The average Bonchev–Trinajstić information content (AvgIpc) is 3.37. The standard InChI is InChI=1S/C31H37IN6O4/c1-6-7-24(32)26-17-29(38(37-26)22-10-8-19(2)9-11-22)36-31(40)34-25-12-13-27(21(4)20(25)3)42-23-14-15-33-28(16-23)35-30(39)18-41-5/h8-16,24,29H,6-7,17-18H2,1-5H3,(H,33,35,39)(H2,34,36,40). The number of benzene rings is 2. The van der Waals surface area contributed by atoms with Crippen molar-refractivity contribution in [3.05, 3.63) is 71.4 Å². The zero-order chi connectivity index (χ0) is 30.2. The third-order valence-electron chi connectivity index (χ3n) is 6.92. The number of carbonyl (C=O) groups excluding carboxylic acids is 2. The lowest BCUT2D eigenvalue weighted by Gasteiger charge is -2.25. The van der Waals surface area contributed by atoms with Gasteiger partial charge in [-0.05, 0) is 68.7 Å². The number of pyridine rings is 1. The molecule has 10 nitrogen and oxygen atoms in total. The van der Waals surface area contributed by atoms with E-state index in [1.165, 1.54) is 12.7 Å². The van der Waals surface area contributed by atoms with Crippen LogP contribution in [0.15, 0.2) is 59.8 Å². The summed E-state index contributed by atoms with van der Waals surface area (Å²) in [6.07, 6.45) is 4.02. The van der Waals surface area contributed by atoms with Gasteiger partial charge >= 0.3 is 6.03 Å². The number of urea groups is 1. The first-order chi connectivity index (χ1) is 20.2. The molecule has 0 radical (unpaired) electrons. The number of halogens is 1. The maximum atomic E-state index is 13.2. The summed E-state index contributed by atoms with van der Waals surface area (Å²) in [6, 6.07) is 14.8. The van der Waals surface area contributed by atoms with Gasteiger partial charge in [0.2, 0.25) is 0 Å². The van der Waals surface area contributed by atoms with E-state index < -0.39 is 0 Å². The van der Waals surface area contributed by atoms with Gasteiger partial charge in [0.1, 0.15) is 30.1 Å². The zero-order valence-corrected chi connectivity index (χ0v) is 26.7. The molecule has 2 heterocycles. The number of hydrogen-bond acceptors (Lipinski definition) is 7. The molecule has 42 heavy (non-hydrogen) atoms. The summed E-state index contributed by atoms with van der Waals surface area (Å²) in [5.41, 5.74) is 5.60. The van der Waals surface area contributed by atoms with Gasteiger partial charge in [0.25, 0.3) is 5.91 Å². The molecule has 2 unspecified atom stereocenters. The van der Waals surface area contributed by atoms with E-state index in [0.717, 1.165) is 35.4 Å². The highest BCUT2D eigenvalue weighted by molar-refractivity contribution is 14.1. The van der Waals surface area contributed by atoms with E-state index in [9.17, 15) is 9.59 Å². The molecule has 0 saturated carbocycles. The predicted octanol–water partition coefficient (Wildman–Crippen LogP) is 6.70. The molecule has 4 rings (SSSR count). The minimum atomic E-state index is -0.309. The molecule has 0 spiro atoms. The minimum Gasteiger partial charge on any atom is -0.457 e. The summed E-state index contributed by atoms with van der Waals surface area (Å²) in [5, 5.41) is 15.6. The Morgan fingerprint density at radius 1 is 1.07 bits per heavy atom. The first kappa shape index (κ1) is 31.2. The molecule has 1 aromatic heterocycles. The van der Waals surface area contributed by atoms with Crippen molar-refractivity contribution in [2.45, 2.75) is 57.0 Å². The fourth-order valence-electron chi connectivity index (χ4n) is 4.52.